The highest BCUT2D eigenvalue weighted by Crippen LogP contribution is 2.23. The van der Waals surface area contributed by atoms with Gasteiger partial charge in [-0.1, -0.05) is 205 Å². The predicted molar refractivity (Wildman–Crippen MR) is 246 cm³/mol. The quantitative estimate of drug-likeness (QED) is 0.0233. The molecule has 60 heavy (non-hydrogen) atoms. The van der Waals surface area contributed by atoms with Crippen molar-refractivity contribution in [2.75, 3.05) is 13.2 Å². The molecule has 0 radical (unpaired) electrons. The van der Waals surface area contributed by atoms with Crippen molar-refractivity contribution >= 4 is 5.91 Å². The van der Waals surface area contributed by atoms with E-state index in [2.05, 4.69) is 31.3 Å². The number of carbonyl (C=O) groups is 1. The molecule has 0 aliphatic carbocycles. The van der Waals surface area contributed by atoms with Crippen molar-refractivity contribution in [1.82, 2.24) is 5.32 Å². The minimum absolute atomic E-state index is 0.304. The number of aliphatic hydroxyl groups is 6. The van der Waals surface area contributed by atoms with Crippen LogP contribution >= 0.6 is 0 Å². The maximum Gasteiger partial charge on any atom is 0.249 e. The molecule has 8 unspecified atom stereocenters. The van der Waals surface area contributed by atoms with E-state index in [-0.39, 0.29) is 6.61 Å². The number of hydrogen-bond donors (Lipinski definition) is 7. The van der Waals surface area contributed by atoms with Gasteiger partial charge in [0.15, 0.2) is 6.29 Å². The van der Waals surface area contributed by atoms with Crippen LogP contribution < -0.4 is 5.32 Å². The van der Waals surface area contributed by atoms with Crippen LogP contribution in [0, 0.1) is 0 Å². The van der Waals surface area contributed by atoms with Gasteiger partial charge in [-0.3, -0.25) is 4.79 Å². The summed E-state index contributed by atoms with van der Waals surface area (Å²) in [6.45, 7) is 3.61. The summed E-state index contributed by atoms with van der Waals surface area (Å²) in [5, 5.41) is 64.7. The van der Waals surface area contributed by atoms with E-state index in [0.717, 1.165) is 44.9 Å². The number of rotatable bonds is 42. The number of carbonyl (C=O) groups excluding carboxylic acids is 1. The van der Waals surface area contributed by atoms with Gasteiger partial charge in [0.25, 0.3) is 0 Å². The van der Waals surface area contributed by atoms with Crippen molar-refractivity contribution in [3.8, 4) is 0 Å². The van der Waals surface area contributed by atoms with E-state index in [1.807, 2.05) is 6.08 Å². The fourth-order valence-corrected chi connectivity index (χ4v) is 7.98. The molecule has 0 aromatic heterocycles. The van der Waals surface area contributed by atoms with Crippen molar-refractivity contribution in [2.45, 2.75) is 275 Å². The molecule has 0 bridgehead atoms. The first-order valence-electron chi connectivity index (χ1n) is 25.2. The molecule has 1 saturated heterocycles. The summed E-state index contributed by atoms with van der Waals surface area (Å²) in [6.07, 6.45) is 38.4. The van der Waals surface area contributed by atoms with E-state index in [1.54, 1.807) is 6.08 Å². The average Bonchev–Trinajstić information content (AvgIpc) is 3.25. The van der Waals surface area contributed by atoms with Gasteiger partial charge >= 0.3 is 0 Å². The molecule has 354 valence electrons. The largest absolute Gasteiger partial charge is 0.394 e. The van der Waals surface area contributed by atoms with Gasteiger partial charge in [-0.2, -0.15) is 0 Å². The Bertz CT molecular complexity index is 1010. The van der Waals surface area contributed by atoms with Crippen LogP contribution in [-0.4, -0.2) is 98.7 Å². The lowest BCUT2D eigenvalue weighted by Crippen LogP contribution is -2.60. The minimum atomic E-state index is -1.61. The summed E-state index contributed by atoms with van der Waals surface area (Å²) in [5.74, 6) is -0.620. The lowest BCUT2D eigenvalue weighted by atomic mass is 9.99. The molecule has 10 heteroatoms. The van der Waals surface area contributed by atoms with Gasteiger partial charge in [-0.05, 0) is 44.9 Å². The molecule has 8 atom stereocenters. The first-order chi connectivity index (χ1) is 29.3. The van der Waals surface area contributed by atoms with Gasteiger partial charge in [-0.15, -0.1) is 0 Å². The number of ether oxygens (including phenoxy) is 2. The second-order valence-electron chi connectivity index (χ2n) is 17.8. The van der Waals surface area contributed by atoms with Gasteiger partial charge in [-0.25, -0.2) is 0 Å². The summed E-state index contributed by atoms with van der Waals surface area (Å²) >= 11 is 0. The highest BCUT2D eigenvalue weighted by molar-refractivity contribution is 5.80. The zero-order chi connectivity index (χ0) is 43.9. The third-order valence-electron chi connectivity index (χ3n) is 12.1. The summed E-state index contributed by atoms with van der Waals surface area (Å²) in [6, 6.07) is -0.980. The molecule has 0 spiro atoms. The van der Waals surface area contributed by atoms with Crippen molar-refractivity contribution in [2.24, 2.45) is 0 Å². The summed E-state index contributed by atoms with van der Waals surface area (Å²) < 4.78 is 11.1. The SMILES string of the molecule is CCCCCCCCCCCCC/C=C/C(O)C(COC1OC(CO)C(O)C(O)C1O)NC(=O)C(O)CCCCCCCC/C=C\CCCCCCCCCCCCCC. The molecule has 1 aliphatic rings. The van der Waals surface area contributed by atoms with Crippen LogP contribution in [0.3, 0.4) is 0 Å². The standard InChI is InChI=1S/C50H95NO9/c1-3-5-7-9-11-13-15-17-18-19-20-21-22-23-24-25-27-29-31-33-35-37-39-44(54)49(58)51-42(41-59-50-48(57)47(56)46(55)45(40-52)60-50)43(53)38-36-34-32-30-28-26-16-14-12-10-8-6-4-2/h23-24,36,38,42-48,50,52-57H,3-22,25-35,37,39-41H2,1-2H3,(H,51,58)/b24-23-,38-36+. The maximum absolute atomic E-state index is 13.1. The Morgan fingerprint density at radius 3 is 1.40 bits per heavy atom. The Balaban J connectivity index is 2.33. The van der Waals surface area contributed by atoms with Gasteiger partial charge < -0.3 is 45.4 Å². The second-order valence-corrected chi connectivity index (χ2v) is 17.8. The lowest BCUT2D eigenvalue weighted by molar-refractivity contribution is -0.302. The molecular formula is C50H95NO9. The number of unbranched alkanes of at least 4 members (excludes halogenated alkanes) is 29. The molecule has 1 fully saturated rings. The summed E-state index contributed by atoms with van der Waals surface area (Å²) in [7, 11) is 0. The van der Waals surface area contributed by atoms with E-state index in [0.29, 0.717) is 12.8 Å². The van der Waals surface area contributed by atoms with E-state index in [1.165, 1.54) is 154 Å². The number of aliphatic hydroxyl groups excluding tert-OH is 6. The third kappa shape index (κ3) is 29.8. The van der Waals surface area contributed by atoms with Crippen LogP contribution in [0.1, 0.15) is 226 Å². The lowest BCUT2D eigenvalue weighted by Gasteiger charge is -2.40. The van der Waals surface area contributed by atoms with Crippen LogP contribution in [-0.2, 0) is 14.3 Å². The molecule has 0 saturated carbocycles. The molecule has 1 amide bonds. The van der Waals surface area contributed by atoms with Crippen molar-refractivity contribution < 1.29 is 44.9 Å². The molecule has 7 N–H and O–H groups in total. The van der Waals surface area contributed by atoms with Crippen LogP contribution in [0.2, 0.25) is 0 Å². The molecule has 10 nitrogen and oxygen atoms in total. The maximum atomic E-state index is 13.1. The van der Waals surface area contributed by atoms with Crippen LogP contribution in [0.15, 0.2) is 24.3 Å². The number of allylic oxidation sites excluding steroid dienone is 3. The van der Waals surface area contributed by atoms with Crippen LogP contribution in [0.25, 0.3) is 0 Å². The van der Waals surface area contributed by atoms with E-state index in [4.69, 9.17) is 9.47 Å². The van der Waals surface area contributed by atoms with Gasteiger partial charge in [0.05, 0.1) is 25.4 Å². The fourth-order valence-electron chi connectivity index (χ4n) is 7.98. The van der Waals surface area contributed by atoms with E-state index < -0.39 is 61.5 Å². The predicted octanol–water partition coefficient (Wildman–Crippen LogP) is 10.0. The van der Waals surface area contributed by atoms with E-state index >= 15 is 0 Å². The summed E-state index contributed by atoms with van der Waals surface area (Å²) in [5.41, 5.74) is 0. The molecule has 0 aromatic carbocycles. The summed E-state index contributed by atoms with van der Waals surface area (Å²) in [4.78, 5) is 13.1. The third-order valence-corrected chi connectivity index (χ3v) is 12.1. The second kappa shape index (κ2) is 40.4. The Kier molecular flexibility index (Phi) is 38.1. The topological polar surface area (TPSA) is 169 Å². The zero-order valence-electron chi connectivity index (χ0n) is 38.6. The van der Waals surface area contributed by atoms with E-state index in [9.17, 15) is 35.4 Å². The molecule has 0 aromatic rings. The smallest absolute Gasteiger partial charge is 0.249 e. The van der Waals surface area contributed by atoms with Crippen molar-refractivity contribution in [1.29, 1.82) is 0 Å². The van der Waals surface area contributed by atoms with Crippen molar-refractivity contribution in [3.63, 3.8) is 0 Å². The average molecular weight is 854 g/mol. The Hall–Kier alpha value is -1.37. The van der Waals surface area contributed by atoms with Crippen molar-refractivity contribution in [3.05, 3.63) is 24.3 Å². The molecule has 1 heterocycles. The normalized spacial score (nSPS) is 21.2. The van der Waals surface area contributed by atoms with Crippen LogP contribution in [0.5, 0.6) is 0 Å². The Labute approximate surface area is 367 Å². The zero-order valence-corrected chi connectivity index (χ0v) is 38.6. The number of nitrogens with one attached hydrogen (secondary N) is 1. The highest BCUT2D eigenvalue weighted by atomic mass is 16.7. The van der Waals surface area contributed by atoms with Gasteiger partial charge in [0.2, 0.25) is 5.91 Å². The minimum Gasteiger partial charge on any atom is -0.394 e. The number of hydrogen-bond acceptors (Lipinski definition) is 9. The molecule has 1 rings (SSSR count). The Morgan fingerprint density at radius 2 is 0.967 bits per heavy atom. The highest BCUT2D eigenvalue weighted by Gasteiger charge is 2.44. The van der Waals surface area contributed by atoms with Gasteiger partial charge in [0, 0.05) is 0 Å². The Morgan fingerprint density at radius 1 is 0.567 bits per heavy atom. The first kappa shape index (κ1) is 56.6. The monoisotopic (exact) mass is 854 g/mol. The van der Waals surface area contributed by atoms with Gasteiger partial charge in [0.1, 0.15) is 30.5 Å². The fraction of sp³-hybridized carbons (Fsp3) is 0.900. The number of amides is 1. The first-order valence-corrected chi connectivity index (χ1v) is 25.2. The molecular weight excluding hydrogens is 759 g/mol. The molecule has 1 aliphatic heterocycles. The van der Waals surface area contributed by atoms with Crippen LogP contribution in [0.4, 0.5) is 0 Å².